The fraction of sp³-hybridized carbons (Fsp3) is 0.800. The summed E-state index contributed by atoms with van der Waals surface area (Å²) in [7, 11) is 0. The fourth-order valence-electron chi connectivity index (χ4n) is 4.55. The molecule has 0 unspecified atom stereocenters. The summed E-state index contributed by atoms with van der Waals surface area (Å²) < 4.78 is 5.69. The Bertz CT molecular complexity index is 339. The van der Waals surface area contributed by atoms with Crippen LogP contribution in [0, 0.1) is 23.7 Å². The largest absolute Gasteiger partial charge is 0.446 e. The molecule has 0 aliphatic heterocycles. The van der Waals surface area contributed by atoms with Crippen molar-refractivity contribution in [3.8, 4) is 0 Å². The molecule has 4 nitrogen and oxygen atoms in total. The van der Waals surface area contributed by atoms with E-state index < -0.39 is 0 Å². The lowest BCUT2D eigenvalue weighted by Gasteiger charge is -2.53. The lowest BCUT2D eigenvalue weighted by atomic mass is 9.55. The molecule has 4 aliphatic carbocycles. The van der Waals surface area contributed by atoms with Crippen LogP contribution in [0.15, 0.2) is 12.2 Å². The predicted octanol–water partition coefficient (Wildman–Crippen LogP) is 2.05. The van der Waals surface area contributed by atoms with Crippen LogP contribution in [0.1, 0.15) is 32.1 Å². The minimum Gasteiger partial charge on any atom is -0.446 e. The molecule has 3 N–H and O–H groups in total. The molecule has 1 amide bonds. The SMILES string of the molecule is NC/C=C/CNC(=O)OC1C2CC3CC(C2)CC1C3. The van der Waals surface area contributed by atoms with Crippen molar-refractivity contribution in [1.29, 1.82) is 0 Å². The van der Waals surface area contributed by atoms with Crippen LogP contribution in [0.4, 0.5) is 4.79 Å². The number of hydrogen-bond acceptors (Lipinski definition) is 3. The number of hydrogen-bond donors (Lipinski definition) is 2. The van der Waals surface area contributed by atoms with Crippen molar-refractivity contribution >= 4 is 6.09 Å². The van der Waals surface area contributed by atoms with Gasteiger partial charge in [0, 0.05) is 13.1 Å². The molecule has 0 radical (unpaired) electrons. The third-order valence-corrected chi connectivity index (χ3v) is 5.05. The number of amides is 1. The van der Waals surface area contributed by atoms with E-state index in [4.69, 9.17) is 10.5 Å². The van der Waals surface area contributed by atoms with Crippen LogP contribution in [0.2, 0.25) is 0 Å². The van der Waals surface area contributed by atoms with E-state index in [9.17, 15) is 4.79 Å². The van der Waals surface area contributed by atoms with Crippen LogP contribution in [0.5, 0.6) is 0 Å². The molecule has 0 aromatic rings. The first-order valence-corrected chi connectivity index (χ1v) is 7.55. The third-order valence-electron chi connectivity index (χ3n) is 5.05. The maximum atomic E-state index is 11.8. The summed E-state index contributed by atoms with van der Waals surface area (Å²) in [4.78, 5) is 11.8. The molecule has 0 spiro atoms. The van der Waals surface area contributed by atoms with Gasteiger partial charge in [0.15, 0.2) is 0 Å². The molecule has 4 heteroatoms. The van der Waals surface area contributed by atoms with Crippen LogP contribution >= 0.6 is 0 Å². The van der Waals surface area contributed by atoms with Gasteiger partial charge in [-0.3, -0.25) is 0 Å². The standard InChI is InChI=1S/C15H24N2O2/c16-3-1-2-4-17-15(18)19-14-12-6-10-5-11(8-12)9-13(14)7-10/h1-2,10-14H,3-9,16H2,(H,17,18)/b2-1+. The quantitative estimate of drug-likeness (QED) is 0.764. The minimum absolute atomic E-state index is 0.172. The molecule has 0 aromatic heterocycles. The topological polar surface area (TPSA) is 64.3 Å². The van der Waals surface area contributed by atoms with Gasteiger partial charge in [-0.2, -0.15) is 0 Å². The average molecular weight is 264 g/mol. The number of ether oxygens (including phenoxy) is 1. The summed E-state index contributed by atoms with van der Waals surface area (Å²) in [6, 6.07) is 0. The van der Waals surface area contributed by atoms with Crippen LogP contribution in [0.3, 0.4) is 0 Å². The van der Waals surface area contributed by atoms with E-state index in [1.165, 1.54) is 32.1 Å². The molecule has 0 aromatic carbocycles. The molecule has 0 heterocycles. The highest BCUT2D eigenvalue weighted by atomic mass is 16.6. The zero-order valence-electron chi connectivity index (χ0n) is 11.4. The van der Waals surface area contributed by atoms with Crippen LogP contribution in [-0.4, -0.2) is 25.3 Å². The molecule has 0 atom stereocenters. The van der Waals surface area contributed by atoms with Crippen molar-refractivity contribution in [2.24, 2.45) is 29.4 Å². The van der Waals surface area contributed by atoms with Crippen molar-refractivity contribution in [3.05, 3.63) is 12.2 Å². The van der Waals surface area contributed by atoms with Gasteiger partial charge in [-0.1, -0.05) is 12.2 Å². The maximum Gasteiger partial charge on any atom is 0.407 e. The Morgan fingerprint density at radius 3 is 2.32 bits per heavy atom. The molecule has 4 rings (SSSR count). The second kappa shape index (κ2) is 5.53. The molecular weight excluding hydrogens is 240 g/mol. The molecular formula is C15H24N2O2. The van der Waals surface area contributed by atoms with E-state index in [1.807, 2.05) is 12.2 Å². The molecule has 4 aliphatic rings. The first-order valence-electron chi connectivity index (χ1n) is 7.55. The number of alkyl carbamates (subject to hydrolysis) is 1. The predicted molar refractivity (Wildman–Crippen MR) is 73.5 cm³/mol. The van der Waals surface area contributed by atoms with Gasteiger partial charge in [0.2, 0.25) is 0 Å². The van der Waals surface area contributed by atoms with Gasteiger partial charge in [0.05, 0.1) is 0 Å². The Balaban J connectivity index is 1.50. The smallest absolute Gasteiger partial charge is 0.407 e. The van der Waals surface area contributed by atoms with E-state index in [-0.39, 0.29) is 12.2 Å². The van der Waals surface area contributed by atoms with Crippen LogP contribution in [0.25, 0.3) is 0 Å². The number of carbonyl (C=O) groups excluding carboxylic acids is 1. The van der Waals surface area contributed by atoms with Gasteiger partial charge in [-0.25, -0.2) is 4.79 Å². The van der Waals surface area contributed by atoms with Crippen molar-refractivity contribution in [1.82, 2.24) is 5.32 Å². The highest BCUT2D eigenvalue weighted by molar-refractivity contribution is 5.67. The molecule has 106 valence electrons. The van der Waals surface area contributed by atoms with Gasteiger partial charge in [-0.15, -0.1) is 0 Å². The van der Waals surface area contributed by atoms with Crippen molar-refractivity contribution in [3.63, 3.8) is 0 Å². The summed E-state index contributed by atoms with van der Waals surface area (Å²) in [6.07, 6.45) is 10.1. The van der Waals surface area contributed by atoms with Crippen LogP contribution in [-0.2, 0) is 4.74 Å². The van der Waals surface area contributed by atoms with Gasteiger partial charge < -0.3 is 15.8 Å². The summed E-state index contributed by atoms with van der Waals surface area (Å²) in [5.41, 5.74) is 5.34. The Morgan fingerprint density at radius 1 is 1.11 bits per heavy atom. The summed E-state index contributed by atoms with van der Waals surface area (Å²) in [5, 5.41) is 2.77. The van der Waals surface area contributed by atoms with Gasteiger partial charge >= 0.3 is 6.09 Å². The zero-order chi connectivity index (χ0) is 13.2. The number of nitrogens with one attached hydrogen (secondary N) is 1. The summed E-state index contributed by atoms with van der Waals surface area (Å²) in [6.45, 7) is 1.01. The second-order valence-electron chi connectivity index (χ2n) is 6.39. The third kappa shape index (κ3) is 2.78. The van der Waals surface area contributed by atoms with Gasteiger partial charge in [-0.05, 0) is 55.8 Å². The second-order valence-corrected chi connectivity index (χ2v) is 6.39. The zero-order valence-corrected chi connectivity index (χ0v) is 11.4. The first kappa shape index (κ1) is 13.0. The Hall–Kier alpha value is -1.03. The first-order chi connectivity index (χ1) is 9.26. The normalized spacial score (nSPS) is 39.7. The lowest BCUT2D eigenvalue weighted by molar-refractivity contribution is -0.0959. The lowest BCUT2D eigenvalue weighted by Crippen LogP contribution is -2.50. The van der Waals surface area contributed by atoms with E-state index in [1.54, 1.807) is 0 Å². The maximum absolute atomic E-state index is 11.8. The monoisotopic (exact) mass is 264 g/mol. The summed E-state index contributed by atoms with van der Waals surface area (Å²) >= 11 is 0. The molecule has 4 fully saturated rings. The van der Waals surface area contributed by atoms with E-state index in [0.29, 0.717) is 24.9 Å². The molecule has 0 saturated heterocycles. The van der Waals surface area contributed by atoms with Crippen molar-refractivity contribution < 1.29 is 9.53 Å². The minimum atomic E-state index is -0.265. The Morgan fingerprint density at radius 2 is 1.74 bits per heavy atom. The van der Waals surface area contributed by atoms with E-state index in [2.05, 4.69) is 5.32 Å². The van der Waals surface area contributed by atoms with Gasteiger partial charge in [0.1, 0.15) is 6.10 Å². The van der Waals surface area contributed by atoms with E-state index in [0.717, 1.165) is 11.8 Å². The summed E-state index contributed by atoms with van der Waals surface area (Å²) in [5.74, 6) is 3.08. The average Bonchev–Trinajstić information content (AvgIpc) is 2.38. The van der Waals surface area contributed by atoms with Gasteiger partial charge in [0.25, 0.3) is 0 Å². The fourth-order valence-corrected chi connectivity index (χ4v) is 4.55. The molecule has 4 saturated carbocycles. The Kier molecular flexibility index (Phi) is 3.78. The molecule has 4 bridgehead atoms. The highest BCUT2D eigenvalue weighted by Gasteiger charge is 2.49. The number of rotatable bonds is 4. The van der Waals surface area contributed by atoms with Crippen LogP contribution < -0.4 is 11.1 Å². The van der Waals surface area contributed by atoms with Crippen molar-refractivity contribution in [2.45, 2.75) is 38.2 Å². The number of nitrogens with two attached hydrogens (primary N) is 1. The van der Waals surface area contributed by atoms with Crippen molar-refractivity contribution in [2.75, 3.05) is 13.1 Å². The highest BCUT2D eigenvalue weighted by Crippen LogP contribution is 2.54. The molecule has 19 heavy (non-hydrogen) atoms. The Labute approximate surface area is 114 Å². The van der Waals surface area contributed by atoms with E-state index >= 15 is 0 Å². The number of carbonyl (C=O) groups is 1.